The topological polar surface area (TPSA) is 111 Å². The zero-order valence-corrected chi connectivity index (χ0v) is 22.9. The van der Waals surface area contributed by atoms with Crippen molar-refractivity contribution in [2.24, 2.45) is 0 Å². The normalized spacial score (nSPS) is 16.5. The average Bonchev–Trinajstić information content (AvgIpc) is 3.40. The molecule has 39 heavy (non-hydrogen) atoms. The van der Waals surface area contributed by atoms with Crippen LogP contribution in [0.1, 0.15) is 41.4 Å². The van der Waals surface area contributed by atoms with Crippen molar-refractivity contribution in [2.75, 3.05) is 19.8 Å². The largest absolute Gasteiger partial charge is 0.491 e. The summed E-state index contributed by atoms with van der Waals surface area (Å²) in [5.41, 5.74) is 2.10. The predicted molar refractivity (Wildman–Crippen MR) is 149 cm³/mol. The standard InChI is InChI=1S/C29H29N3O5S2/c30-20-22-8-6-7-21(17-22)18-26(32-39(33,34)24-9-2-1-3-10-24)29-31-25-13-12-23(19-27(25)38-29)35-15-16-37-28-11-4-5-14-36-28/h1-3,6-10,12-13,17,19,26,28,32H,4-5,11,14-16,18H2. The second-order valence-corrected chi connectivity index (χ2v) is 12.0. The van der Waals surface area contributed by atoms with E-state index < -0.39 is 16.1 Å². The van der Waals surface area contributed by atoms with Crippen LogP contribution in [-0.4, -0.2) is 39.5 Å². The molecule has 1 N–H and O–H groups in total. The van der Waals surface area contributed by atoms with Gasteiger partial charge in [-0.3, -0.25) is 0 Å². The Labute approximate surface area is 232 Å². The third kappa shape index (κ3) is 7.20. The van der Waals surface area contributed by atoms with Crippen LogP contribution in [0.5, 0.6) is 5.75 Å². The van der Waals surface area contributed by atoms with Crippen molar-refractivity contribution >= 4 is 31.6 Å². The first-order chi connectivity index (χ1) is 19.0. The number of rotatable bonds is 11. The van der Waals surface area contributed by atoms with Gasteiger partial charge in [-0.1, -0.05) is 30.3 Å². The summed E-state index contributed by atoms with van der Waals surface area (Å²) in [5, 5.41) is 9.94. The fraction of sp³-hybridized carbons (Fsp3) is 0.310. The van der Waals surface area contributed by atoms with E-state index in [9.17, 15) is 13.7 Å². The Kier molecular flexibility index (Phi) is 8.86. The van der Waals surface area contributed by atoms with Gasteiger partial charge in [0.2, 0.25) is 10.0 Å². The van der Waals surface area contributed by atoms with Crippen LogP contribution >= 0.6 is 11.3 Å². The molecule has 1 aromatic heterocycles. The second-order valence-electron chi connectivity index (χ2n) is 9.20. The Hall–Kier alpha value is -3.33. The average molecular weight is 564 g/mol. The summed E-state index contributed by atoms with van der Waals surface area (Å²) < 4.78 is 47.4. The van der Waals surface area contributed by atoms with Crippen LogP contribution in [0.2, 0.25) is 0 Å². The molecule has 8 nitrogen and oxygen atoms in total. The van der Waals surface area contributed by atoms with E-state index in [-0.39, 0.29) is 11.2 Å². The summed E-state index contributed by atoms with van der Waals surface area (Å²) >= 11 is 1.41. The van der Waals surface area contributed by atoms with Crippen LogP contribution in [0.15, 0.2) is 77.7 Å². The van der Waals surface area contributed by atoms with Crippen LogP contribution in [0.4, 0.5) is 0 Å². The van der Waals surface area contributed by atoms with E-state index in [2.05, 4.69) is 10.8 Å². The number of hydrogen-bond donors (Lipinski definition) is 1. The highest BCUT2D eigenvalue weighted by molar-refractivity contribution is 7.89. The van der Waals surface area contributed by atoms with E-state index in [1.54, 1.807) is 48.5 Å². The van der Waals surface area contributed by atoms with Crippen LogP contribution in [0, 0.1) is 11.3 Å². The van der Waals surface area contributed by atoms with Crippen LogP contribution in [0.25, 0.3) is 10.2 Å². The minimum absolute atomic E-state index is 0.153. The number of thiazole rings is 1. The molecule has 5 rings (SSSR count). The lowest BCUT2D eigenvalue weighted by Gasteiger charge is -2.22. The van der Waals surface area contributed by atoms with Gasteiger partial charge in [0.1, 0.15) is 17.4 Å². The fourth-order valence-corrected chi connectivity index (χ4v) is 6.72. The highest BCUT2D eigenvalue weighted by Crippen LogP contribution is 2.32. The lowest BCUT2D eigenvalue weighted by atomic mass is 10.0. The molecular weight excluding hydrogens is 534 g/mol. The monoisotopic (exact) mass is 563 g/mol. The van der Waals surface area contributed by atoms with Crippen molar-refractivity contribution in [3.05, 3.63) is 88.9 Å². The number of ether oxygens (including phenoxy) is 3. The third-order valence-corrected chi connectivity index (χ3v) is 8.93. The Morgan fingerprint density at radius 3 is 2.74 bits per heavy atom. The Bertz CT molecular complexity index is 1540. The Morgan fingerprint density at radius 1 is 1.08 bits per heavy atom. The van der Waals surface area contributed by atoms with Crippen LogP contribution in [0.3, 0.4) is 0 Å². The van der Waals surface area contributed by atoms with Gasteiger partial charge < -0.3 is 14.2 Å². The molecule has 2 atom stereocenters. The lowest BCUT2D eigenvalue weighted by Crippen LogP contribution is -2.30. The minimum atomic E-state index is -3.81. The van der Waals surface area contributed by atoms with Gasteiger partial charge in [-0.2, -0.15) is 5.26 Å². The molecule has 4 aromatic rings. The number of hydrogen-bond acceptors (Lipinski definition) is 8. The smallest absolute Gasteiger partial charge is 0.241 e. The van der Waals surface area contributed by atoms with Crippen molar-refractivity contribution in [2.45, 2.75) is 42.9 Å². The molecule has 0 saturated carbocycles. The molecule has 0 radical (unpaired) electrons. The van der Waals surface area contributed by atoms with E-state index in [0.29, 0.717) is 36.0 Å². The third-order valence-electron chi connectivity index (χ3n) is 6.32. The molecule has 1 aliphatic rings. The zero-order chi connectivity index (χ0) is 27.1. The van der Waals surface area contributed by atoms with Gasteiger partial charge in [-0.25, -0.2) is 18.1 Å². The van der Waals surface area contributed by atoms with Gasteiger partial charge in [0, 0.05) is 6.61 Å². The van der Waals surface area contributed by atoms with Gasteiger partial charge >= 0.3 is 0 Å². The first-order valence-electron chi connectivity index (χ1n) is 12.8. The Morgan fingerprint density at radius 2 is 1.95 bits per heavy atom. The van der Waals surface area contributed by atoms with E-state index >= 15 is 0 Å². The van der Waals surface area contributed by atoms with E-state index in [1.807, 2.05) is 24.3 Å². The van der Waals surface area contributed by atoms with Crippen molar-refractivity contribution in [3.8, 4) is 11.8 Å². The maximum Gasteiger partial charge on any atom is 0.241 e. The van der Waals surface area contributed by atoms with Crippen LogP contribution < -0.4 is 9.46 Å². The zero-order valence-electron chi connectivity index (χ0n) is 21.3. The summed E-state index contributed by atoms with van der Waals surface area (Å²) in [6.45, 7) is 1.57. The molecule has 0 bridgehead atoms. The maximum atomic E-state index is 13.2. The first-order valence-corrected chi connectivity index (χ1v) is 15.1. The molecule has 0 aliphatic carbocycles. The van der Waals surface area contributed by atoms with Gasteiger partial charge in [0.15, 0.2) is 6.29 Å². The molecule has 0 spiro atoms. The SMILES string of the molecule is N#Cc1cccc(CC(NS(=O)(=O)c2ccccc2)c2nc3ccc(OCCOC4CCCCO4)cc3s2)c1. The second kappa shape index (κ2) is 12.7. The maximum absolute atomic E-state index is 13.2. The molecule has 0 amide bonds. The van der Waals surface area contributed by atoms with Gasteiger partial charge in [0.05, 0.1) is 39.4 Å². The van der Waals surface area contributed by atoms with Crippen molar-refractivity contribution in [1.82, 2.24) is 9.71 Å². The number of benzene rings is 3. The molecule has 3 aromatic carbocycles. The highest BCUT2D eigenvalue weighted by Gasteiger charge is 2.25. The predicted octanol–water partition coefficient (Wildman–Crippen LogP) is 5.35. The molecule has 202 valence electrons. The Balaban J connectivity index is 1.34. The quantitative estimate of drug-likeness (QED) is 0.245. The summed E-state index contributed by atoms with van der Waals surface area (Å²) in [6.07, 6.45) is 3.28. The fourth-order valence-electron chi connectivity index (χ4n) is 4.38. The van der Waals surface area contributed by atoms with E-state index in [0.717, 1.165) is 41.6 Å². The molecular formula is C29H29N3O5S2. The molecule has 10 heteroatoms. The van der Waals surface area contributed by atoms with Crippen molar-refractivity contribution in [1.29, 1.82) is 5.26 Å². The minimum Gasteiger partial charge on any atom is -0.491 e. The number of sulfonamides is 1. The van der Waals surface area contributed by atoms with Gasteiger partial charge in [0.25, 0.3) is 0 Å². The number of nitriles is 1. The molecule has 1 aliphatic heterocycles. The summed E-state index contributed by atoms with van der Waals surface area (Å²) in [6, 6.07) is 22.6. The molecule has 2 heterocycles. The summed E-state index contributed by atoms with van der Waals surface area (Å²) in [7, 11) is -3.81. The van der Waals surface area contributed by atoms with E-state index in [4.69, 9.17) is 19.2 Å². The highest BCUT2D eigenvalue weighted by atomic mass is 32.2. The molecule has 2 unspecified atom stereocenters. The molecule has 1 saturated heterocycles. The molecule has 1 fully saturated rings. The summed E-state index contributed by atoms with van der Waals surface area (Å²) in [5.74, 6) is 0.689. The summed E-state index contributed by atoms with van der Waals surface area (Å²) in [4.78, 5) is 4.94. The van der Waals surface area contributed by atoms with E-state index in [1.165, 1.54) is 11.3 Å². The number of nitrogens with zero attached hydrogens (tertiary/aromatic N) is 2. The van der Waals surface area contributed by atoms with Gasteiger partial charge in [-0.05, 0) is 73.7 Å². The van der Waals surface area contributed by atoms with Crippen molar-refractivity contribution in [3.63, 3.8) is 0 Å². The first kappa shape index (κ1) is 27.2. The van der Waals surface area contributed by atoms with Gasteiger partial charge in [-0.15, -0.1) is 11.3 Å². The lowest BCUT2D eigenvalue weighted by molar-refractivity contribution is -0.165. The number of fused-ring (bicyclic) bond motifs is 1. The van der Waals surface area contributed by atoms with Crippen molar-refractivity contribution < 1.29 is 22.6 Å². The number of nitrogens with one attached hydrogen (secondary N) is 1. The van der Waals surface area contributed by atoms with Crippen LogP contribution in [-0.2, 0) is 25.9 Å². The number of aromatic nitrogens is 1.